The third-order valence-electron chi connectivity index (χ3n) is 2.68. The molecule has 3 rings (SSSR count). The monoisotopic (exact) mass is 378 g/mol. The van der Waals surface area contributed by atoms with E-state index in [1.54, 1.807) is 0 Å². The van der Waals surface area contributed by atoms with Crippen LogP contribution in [0.5, 0.6) is 5.75 Å². The van der Waals surface area contributed by atoms with Gasteiger partial charge in [-0.1, -0.05) is 35.5 Å². The van der Waals surface area contributed by atoms with Gasteiger partial charge in [-0.05, 0) is 46.9 Å². The van der Waals surface area contributed by atoms with E-state index < -0.39 is 0 Å². The second-order valence-corrected chi connectivity index (χ2v) is 5.37. The van der Waals surface area contributed by atoms with E-state index in [0.29, 0.717) is 11.7 Å². The average molecular weight is 378 g/mol. The zero-order chi connectivity index (χ0) is 13.8. The Bertz CT molecular complexity index is 681. The minimum atomic E-state index is 0.264. The number of aromatic nitrogens is 2. The summed E-state index contributed by atoms with van der Waals surface area (Å²) in [6, 6.07) is 17.5. The third-order valence-corrected chi connectivity index (χ3v) is 3.40. The summed E-state index contributed by atoms with van der Waals surface area (Å²) in [6.45, 7) is 0.264. The molecule has 5 heteroatoms. The van der Waals surface area contributed by atoms with Crippen molar-refractivity contribution in [3.05, 3.63) is 64.1 Å². The molecule has 0 saturated heterocycles. The zero-order valence-corrected chi connectivity index (χ0v) is 12.6. The van der Waals surface area contributed by atoms with Gasteiger partial charge >= 0.3 is 0 Å². The maximum Gasteiger partial charge on any atom is 0.264 e. The first-order chi connectivity index (χ1) is 9.81. The van der Waals surface area contributed by atoms with Crippen molar-refractivity contribution in [3.8, 4) is 17.1 Å². The van der Waals surface area contributed by atoms with Gasteiger partial charge in [0.05, 0.1) is 0 Å². The van der Waals surface area contributed by atoms with E-state index in [-0.39, 0.29) is 6.61 Å². The van der Waals surface area contributed by atoms with Crippen LogP contribution < -0.4 is 4.74 Å². The van der Waals surface area contributed by atoms with Gasteiger partial charge in [0.25, 0.3) is 5.89 Å². The standard InChI is InChI=1S/C15H11IN2O2/c16-12-6-8-13(9-7-12)19-10-14-17-15(18-20-14)11-4-2-1-3-5-11/h1-9H,10H2. The van der Waals surface area contributed by atoms with Gasteiger partial charge in [-0.15, -0.1) is 0 Å². The number of benzene rings is 2. The van der Waals surface area contributed by atoms with E-state index >= 15 is 0 Å². The molecule has 3 aromatic rings. The quantitative estimate of drug-likeness (QED) is 0.646. The Kier molecular flexibility index (Phi) is 3.96. The van der Waals surface area contributed by atoms with Crippen LogP contribution in [0.3, 0.4) is 0 Å². The largest absolute Gasteiger partial charge is 0.484 e. The molecule has 0 aliphatic rings. The van der Waals surface area contributed by atoms with Crippen molar-refractivity contribution in [2.45, 2.75) is 6.61 Å². The molecule has 0 radical (unpaired) electrons. The summed E-state index contributed by atoms with van der Waals surface area (Å²) in [4.78, 5) is 4.31. The van der Waals surface area contributed by atoms with E-state index in [9.17, 15) is 0 Å². The molecule has 0 amide bonds. The molecule has 2 aromatic carbocycles. The van der Waals surface area contributed by atoms with Crippen LogP contribution in [0.15, 0.2) is 59.1 Å². The second-order valence-electron chi connectivity index (χ2n) is 4.12. The molecule has 0 aliphatic heterocycles. The number of halogens is 1. The number of hydrogen-bond acceptors (Lipinski definition) is 4. The highest BCUT2D eigenvalue weighted by Gasteiger charge is 2.08. The number of hydrogen-bond donors (Lipinski definition) is 0. The van der Waals surface area contributed by atoms with Gasteiger partial charge in [0.1, 0.15) is 5.75 Å². The zero-order valence-electron chi connectivity index (χ0n) is 10.5. The maximum absolute atomic E-state index is 5.60. The molecular formula is C15H11IN2O2. The fourth-order valence-corrected chi connectivity index (χ4v) is 2.05. The molecule has 0 saturated carbocycles. The topological polar surface area (TPSA) is 48.2 Å². The summed E-state index contributed by atoms with van der Waals surface area (Å²) in [5, 5.41) is 3.95. The number of ether oxygens (including phenoxy) is 1. The van der Waals surface area contributed by atoms with Gasteiger partial charge in [0, 0.05) is 9.13 Å². The molecule has 0 fully saturated rings. The van der Waals surface area contributed by atoms with Gasteiger partial charge in [0.15, 0.2) is 6.61 Å². The highest BCUT2D eigenvalue weighted by atomic mass is 127. The van der Waals surface area contributed by atoms with Crippen molar-refractivity contribution in [1.82, 2.24) is 10.1 Å². The van der Waals surface area contributed by atoms with Crippen LogP contribution in [-0.4, -0.2) is 10.1 Å². The third kappa shape index (κ3) is 3.16. The van der Waals surface area contributed by atoms with Crippen molar-refractivity contribution in [2.24, 2.45) is 0 Å². The minimum Gasteiger partial charge on any atom is -0.484 e. The molecule has 0 unspecified atom stereocenters. The molecule has 0 spiro atoms. The molecule has 0 bridgehead atoms. The van der Waals surface area contributed by atoms with Gasteiger partial charge < -0.3 is 9.26 Å². The van der Waals surface area contributed by atoms with Crippen molar-refractivity contribution < 1.29 is 9.26 Å². The van der Waals surface area contributed by atoms with Crippen LogP contribution in [-0.2, 0) is 6.61 Å². The van der Waals surface area contributed by atoms with Crippen LogP contribution in [0, 0.1) is 3.57 Å². The van der Waals surface area contributed by atoms with Crippen LogP contribution in [0.2, 0.25) is 0 Å². The summed E-state index contributed by atoms with van der Waals surface area (Å²) in [7, 11) is 0. The van der Waals surface area contributed by atoms with Crippen LogP contribution >= 0.6 is 22.6 Å². The first kappa shape index (κ1) is 13.1. The average Bonchev–Trinajstić information content (AvgIpc) is 2.97. The van der Waals surface area contributed by atoms with E-state index in [4.69, 9.17) is 9.26 Å². The smallest absolute Gasteiger partial charge is 0.264 e. The molecule has 1 heterocycles. The lowest BCUT2D eigenvalue weighted by molar-refractivity contribution is 0.243. The van der Waals surface area contributed by atoms with Gasteiger partial charge in [0.2, 0.25) is 5.82 Å². The summed E-state index contributed by atoms with van der Waals surface area (Å²) in [5.74, 6) is 1.82. The molecular weight excluding hydrogens is 367 g/mol. The normalized spacial score (nSPS) is 10.4. The highest BCUT2D eigenvalue weighted by Crippen LogP contribution is 2.17. The Morgan fingerprint density at radius 2 is 1.75 bits per heavy atom. The molecule has 0 atom stereocenters. The van der Waals surface area contributed by atoms with Gasteiger partial charge in [-0.3, -0.25) is 0 Å². The van der Waals surface area contributed by atoms with Gasteiger partial charge in [-0.25, -0.2) is 0 Å². The first-order valence-electron chi connectivity index (χ1n) is 6.07. The summed E-state index contributed by atoms with van der Waals surface area (Å²) in [5.41, 5.74) is 0.928. The van der Waals surface area contributed by atoms with Crippen molar-refractivity contribution in [2.75, 3.05) is 0 Å². The highest BCUT2D eigenvalue weighted by molar-refractivity contribution is 14.1. The second kappa shape index (κ2) is 6.04. The van der Waals surface area contributed by atoms with Crippen LogP contribution in [0.4, 0.5) is 0 Å². The fourth-order valence-electron chi connectivity index (χ4n) is 1.69. The molecule has 4 nitrogen and oxygen atoms in total. The Hall–Kier alpha value is -1.89. The van der Waals surface area contributed by atoms with Gasteiger partial charge in [-0.2, -0.15) is 4.98 Å². The van der Waals surface area contributed by atoms with Crippen LogP contribution in [0.1, 0.15) is 5.89 Å². The maximum atomic E-state index is 5.60. The van der Waals surface area contributed by atoms with E-state index in [0.717, 1.165) is 11.3 Å². The van der Waals surface area contributed by atoms with Crippen LogP contribution in [0.25, 0.3) is 11.4 Å². The van der Waals surface area contributed by atoms with E-state index in [1.807, 2.05) is 54.6 Å². The predicted molar refractivity (Wildman–Crippen MR) is 83.2 cm³/mol. The predicted octanol–water partition coefficient (Wildman–Crippen LogP) is 3.92. The Labute approximate surface area is 129 Å². The summed E-state index contributed by atoms with van der Waals surface area (Å²) < 4.78 is 11.9. The van der Waals surface area contributed by atoms with Crippen molar-refractivity contribution >= 4 is 22.6 Å². The Morgan fingerprint density at radius 3 is 2.50 bits per heavy atom. The van der Waals surface area contributed by atoms with E-state index in [1.165, 1.54) is 3.57 Å². The first-order valence-corrected chi connectivity index (χ1v) is 7.15. The molecule has 100 valence electrons. The molecule has 0 aliphatic carbocycles. The minimum absolute atomic E-state index is 0.264. The lowest BCUT2D eigenvalue weighted by Gasteiger charge is -2.02. The summed E-state index contributed by atoms with van der Waals surface area (Å²) >= 11 is 2.25. The number of rotatable bonds is 4. The van der Waals surface area contributed by atoms with Crippen molar-refractivity contribution in [1.29, 1.82) is 0 Å². The van der Waals surface area contributed by atoms with Crippen molar-refractivity contribution in [3.63, 3.8) is 0 Å². The molecule has 0 N–H and O–H groups in total. The molecule has 20 heavy (non-hydrogen) atoms. The Morgan fingerprint density at radius 1 is 1.00 bits per heavy atom. The van der Waals surface area contributed by atoms with E-state index in [2.05, 4.69) is 32.7 Å². The summed E-state index contributed by atoms with van der Waals surface area (Å²) in [6.07, 6.45) is 0. The number of nitrogens with zero attached hydrogens (tertiary/aromatic N) is 2. The molecule has 1 aromatic heterocycles. The lowest BCUT2D eigenvalue weighted by atomic mass is 10.2. The Balaban J connectivity index is 1.67. The fraction of sp³-hybridized carbons (Fsp3) is 0.0667. The SMILES string of the molecule is Ic1ccc(OCc2nc(-c3ccccc3)no2)cc1. The lowest BCUT2D eigenvalue weighted by Crippen LogP contribution is -1.95.